The first-order valence-electron chi connectivity index (χ1n) is 9.86. The molecule has 168 valence electrons. The van der Waals surface area contributed by atoms with Gasteiger partial charge in [-0.3, -0.25) is 4.79 Å². The van der Waals surface area contributed by atoms with Crippen LogP contribution in [0.15, 0.2) is 46.1 Å². The first-order valence-corrected chi connectivity index (χ1v) is 11.7. The minimum atomic E-state index is -4.67. The van der Waals surface area contributed by atoms with Crippen molar-refractivity contribution < 1.29 is 17.6 Å². The van der Waals surface area contributed by atoms with Crippen molar-refractivity contribution in [1.82, 2.24) is 14.1 Å². The summed E-state index contributed by atoms with van der Waals surface area (Å²) in [5.74, 6) is 0.810. The number of halogens is 4. The molecular formula is C22H19F4N3OS2. The lowest BCUT2D eigenvalue weighted by Gasteiger charge is -2.13. The summed E-state index contributed by atoms with van der Waals surface area (Å²) in [6, 6.07) is 9.06. The molecule has 0 atom stereocenters. The van der Waals surface area contributed by atoms with Crippen molar-refractivity contribution in [3.05, 3.63) is 58.3 Å². The lowest BCUT2D eigenvalue weighted by molar-refractivity contribution is -0.144. The highest BCUT2D eigenvalue weighted by molar-refractivity contribution is 7.99. The Balaban J connectivity index is 1.97. The second kappa shape index (κ2) is 8.40. The Morgan fingerprint density at radius 2 is 1.91 bits per heavy atom. The molecule has 0 N–H and O–H groups in total. The van der Waals surface area contributed by atoms with Gasteiger partial charge >= 0.3 is 6.18 Å². The summed E-state index contributed by atoms with van der Waals surface area (Å²) in [5.41, 5.74) is -0.937. The fraction of sp³-hybridized carbons (Fsp3) is 0.273. The number of fused-ring (bicyclic) bond motifs is 1. The number of alkyl halides is 3. The molecular weight excluding hydrogens is 462 g/mol. The van der Waals surface area contributed by atoms with Gasteiger partial charge in [-0.2, -0.15) is 13.2 Å². The summed E-state index contributed by atoms with van der Waals surface area (Å²) >= 11 is 2.92. The SMILES string of the molecule is CCSc1cc(-c2cccc(F)c2)sc1-c1nc2cc(C(F)(F)F)n(CC)c(=O)c2n1C. The highest BCUT2D eigenvalue weighted by Gasteiger charge is 2.36. The van der Waals surface area contributed by atoms with Crippen molar-refractivity contribution in [2.45, 2.75) is 31.5 Å². The van der Waals surface area contributed by atoms with Crippen LogP contribution in [0.4, 0.5) is 17.6 Å². The molecule has 0 saturated heterocycles. The molecule has 0 spiro atoms. The zero-order chi connectivity index (χ0) is 23.2. The summed E-state index contributed by atoms with van der Waals surface area (Å²) < 4.78 is 56.6. The van der Waals surface area contributed by atoms with Crippen LogP contribution in [0.2, 0.25) is 0 Å². The van der Waals surface area contributed by atoms with Crippen molar-refractivity contribution in [3.8, 4) is 21.1 Å². The Hall–Kier alpha value is -2.59. The number of thioether (sulfide) groups is 1. The summed E-state index contributed by atoms with van der Waals surface area (Å²) in [6.45, 7) is 3.38. The molecule has 4 aromatic rings. The Morgan fingerprint density at radius 3 is 2.53 bits per heavy atom. The second-order valence-electron chi connectivity index (χ2n) is 7.05. The van der Waals surface area contributed by atoms with Crippen LogP contribution in [0.25, 0.3) is 32.2 Å². The van der Waals surface area contributed by atoms with Crippen LogP contribution in [0.3, 0.4) is 0 Å². The van der Waals surface area contributed by atoms with Crippen molar-refractivity contribution in [2.75, 3.05) is 5.75 Å². The fourth-order valence-corrected chi connectivity index (χ4v) is 5.83. The van der Waals surface area contributed by atoms with E-state index in [9.17, 15) is 22.4 Å². The highest BCUT2D eigenvalue weighted by atomic mass is 32.2. The molecule has 0 radical (unpaired) electrons. The lowest BCUT2D eigenvalue weighted by atomic mass is 10.2. The molecule has 0 aliphatic carbocycles. The van der Waals surface area contributed by atoms with Gasteiger partial charge in [-0.15, -0.1) is 23.1 Å². The van der Waals surface area contributed by atoms with Crippen molar-refractivity contribution in [1.29, 1.82) is 0 Å². The molecule has 0 unspecified atom stereocenters. The van der Waals surface area contributed by atoms with E-state index in [2.05, 4.69) is 4.98 Å². The van der Waals surface area contributed by atoms with E-state index in [1.54, 1.807) is 35.5 Å². The van der Waals surface area contributed by atoms with Gasteiger partial charge < -0.3 is 9.13 Å². The molecule has 10 heteroatoms. The minimum absolute atomic E-state index is 0.00215. The average Bonchev–Trinajstić information content (AvgIpc) is 3.28. The lowest BCUT2D eigenvalue weighted by Crippen LogP contribution is -2.28. The van der Waals surface area contributed by atoms with Gasteiger partial charge in [0.25, 0.3) is 5.56 Å². The molecule has 4 rings (SSSR count). The number of pyridine rings is 1. The van der Waals surface area contributed by atoms with Gasteiger partial charge in [-0.1, -0.05) is 19.1 Å². The fourth-order valence-electron chi connectivity index (χ4n) is 3.65. The molecule has 0 saturated carbocycles. The van der Waals surface area contributed by atoms with Gasteiger partial charge in [-0.05, 0) is 42.5 Å². The van der Waals surface area contributed by atoms with Crippen LogP contribution in [0, 0.1) is 5.82 Å². The second-order valence-corrected chi connectivity index (χ2v) is 9.41. The van der Waals surface area contributed by atoms with Gasteiger partial charge in [0, 0.05) is 23.4 Å². The van der Waals surface area contributed by atoms with Gasteiger partial charge in [-0.25, -0.2) is 9.37 Å². The number of hydrogen-bond acceptors (Lipinski definition) is 4. The van der Waals surface area contributed by atoms with Gasteiger partial charge in [0.05, 0.1) is 10.4 Å². The largest absolute Gasteiger partial charge is 0.431 e. The monoisotopic (exact) mass is 481 g/mol. The van der Waals surface area contributed by atoms with Crippen LogP contribution >= 0.6 is 23.1 Å². The van der Waals surface area contributed by atoms with E-state index < -0.39 is 17.4 Å². The first-order chi connectivity index (χ1) is 15.2. The maximum atomic E-state index is 13.7. The Morgan fingerprint density at radius 1 is 1.16 bits per heavy atom. The summed E-state index contributed by atoms with van der Waals surface area (Å²) in [7, 11) is 1.63. The van der Waals surface area contributed by atoms with Crippen LogP contribution in [0.5, 0.6) is 0 Å². The summed E-state index contributed by atoms with van der Waals surface area (Å²) in [6.07, 6.45) is -4.67. The smallest absolute Gasteiger partial charge is 0.322 e. The van der Waals surface area contributed by atoms with E-state index in [0.717, 1.165) is 31.0 Å². The van der Waals surface area contributed by atoms with Gasteiger partial charge in [0.1, 0.15) is 17.0 Å². The normalized spacial score (nSPS) is 12.1. The minimum Gasteiger partial charge on any atom is -0.322 e. The Bertz CT molecular complexity index is 1370. The van der Waals surface area contributed by atoms with Crippen LogP contribution in [0.1, 0.15) is 19.5 Å². The molecule has 0 bridgehead atoms. The van der Waals surface area contributed by atoms with E-state index in [0.29, 0.717) is 11.4 Å². The van der Waals surface area contributed by atoms with Crippen molar-refractivity contribution >= 4 is 34.1 Å². The van der Waals surface area contributed by atoms with E-state index >= 15 is 0 Å². The zero-order valence-corrected chi connectivity index (χ0v) is 19.1. The number of hydrogen-bond donors (Lipinski definition) is 0. The van der Waals surface area contributed by atoms with Gasteiger partial charge in [0.15, 0.2) is 5.82 Å². The number of thiophene rings is 1. The molecule has 32 heavy (non-hydrogen) atoms. The molecule has 0 aliphatic heterocycles. The quantitative estimate of drug-likeness (QED) is 0.244. The Labute approximate surface area is 189 Å². The maximum absolute atomic E-state index is 13.7. The molecule has 1 aromatic carbocycles. The van der Waals surface area contributed by atoms with Crippen molar-refractivity contribution in [3.63, 3.8) is 0 Å². The third kappa shape index (κ3) is 3.86. The number of aryl methyl sites for hydroxylation is 1. The first kappa shape index (κ1) is 22.6. The van der Waals surface area contributed by atoms with Crippen LogP contribution in [-0.2, 0) is 19.8 Å². The number of imidazole rings is 1. The van der Waals surface area contributed by atoms with E-state index in [4.69, 9.17) is 0 Å². The highest BCUT2D eigenvalue weighted by Crippen LogP contribution is 2.43. The summed E-state index contributed by atoms with van der Waals surface area (Å²) in [4.78, 5) is 19.8. The third-order valence-corrected chi connectivity index (χ3v) is 7.28. The number of nitrogens with zero attached hydrogens (tertiary/aromatic N) is 3. The molecule has 4 nitrogen and oxygen atoms in total. The standard InChI is InChI=1S/C22H19F4N3OS2/c1-4-29-17(22(24,25)26)10-14-18(21(29)30)28(3)20(27-14)19-16(31-5-2)11-15(32-19)12-7-6-8-13(23)9-12/h6-11H,4-5H2,1-3H3. The topological polar surface area (TPSA) is 39.8 Å². The molecule has 0 aliphatic rings. The number of benzene rings is 1. The molecule has 0 fully saturated rings. The van der Waals surface area contributed by atoms with E-state index in [1.807, 2.05) is 13.0 Å². The molecule has 3 aromatic heterocycles. The maximum Gasteiger partial charge on any atom is 0.431 e. The van der Waals surface area contributed by atoms with Crippen molar-refractivity contribution in [2.24, 2.45) is 7.05 Å². The number of aromatic nitrogens is 3. The van der Waals surface area contributed by atoms with Gasteiger partial charge in [0.2, 0.25) is 0 Å². The number of rotatable bonds is 5. The predicted molar refractivity (Wildman–Crippen MR) is 121 cm³/mol. The molecule has 3 heterocycles. The summed E-state index contributed by atoms with van der Waals surface area (Å²) in [5, 5.41) is 0. The predicted octanol–water partition coefficient (Wildman–Crippen LogP) is 6.42. The molecule has 0 amide bonds. The van der Waals surface area contributed by atoms with Crippen LogP contribution < -0.4 is 5.56 Å². The average molecular weight is 482 g/mol. The van der Waals surface area contributed by atoms with Crippen LogP contribution in [-0.4, -0.2) is 19.9 Å². The zero-order valence-electron chi connectivity index (χ0n) is 17.5. The van der Waals surface area contributed by atoms with E-state index in [-0.39, 0.29) is 23.4 Å². The van der Waals surface area contributed by atoms with E-state index in [1.165, 1.54) is 30.4 Å². The Kier molecular flexibility index (Phi) is 5.93. The third-order valence-electron chi connectivity index (χ3n) is 5.05.